The van der Waals surface area contributed by atoms with E-state index in [0.29, 0.717) is 31.5 Å². The molecule has 1 aliphatic carbocycles. The predicted molar refractivity (Wildman–Crippen MR) is 71.3 cm³/mol. The van der Waals surface area contributed by atoms with Crippen LogP contribution in [0.4, 0.5) is 0 Å². The van der Waals surface area contributed by atoms with Crippen molar-refractivity contribution >= 4 is 0 Å². The van der Waals surface area contributed by atoms with Crippen molar-refractivity contribution in [2.24, 2.45) is 11.8 Å². The fourth-order valence-electron chi connectivity index (χ4n) is 2.81. The van der Waals surface area contributed by atoms with Gasteiger partial charge in [0, 0.05) is 19.3 Å². The second kappa shape index (κ2) is 7.57. The number of hydrogen-bond donors (Lipinski definition) is 3. The zero-order valence-corrected chi connectivity index (χ0v) is 11.3. The van der Waals surface area contributed by atoms with Gasteiger partial charge in [-0.1, -0.05) is 18.1 Å². The maximum Gasteiger partial charge on any atom is 0.0964 e. The van der Waals surface area contributed by atoms with E-state index in [0.717, 1.165) is 18.7 Å². The Morgan fingerprint density at radius 3 is 2.79 bits per heavy atom. The van der Waals surface area contributed by atoms with Gasteiger partial charge in [0.15, 0.2) is 0 Å². The fourth-order valence-corrected chi connectivity index (χ4v) is 2.81. The normalized spacial score (nSPS) is 23.7. The van der Waals surface area contributed by atoms with Gasteiger partial charge in [-0.05, 0) is 31.2 Å². The topological polar surface area (TPSA) is 83.2 Å². The molecule has 1 aromatic rings. The fraction of sp³-hybridized carbons (Fsp3) is 0.846. The summed E-state index contributed by atoms with van der Waals surface area (Å²) in [5.74, 6) is 1.03. The summed E-state index contributed by atoms with van der Waals surface area (Å²) >= 11 is 0. The lowest BCUT2D eigenvalue weighted by molar-refractivity contribution is 0.133. The molecule has 0 amide bonds. The number of aliphatic hydroxyl groups excluding tert-OH is 2. The maximum absolute atomic E-state index is 9.36. The second-order valence-corrected chi connectivity index (χ2v) is 5.31. The number of aliphatic hydroxyl groups is 2. The van der Waals surface area contributed by atoms with E-state index in [9.17, 15) is 5.11 Å². The maximum atomic E-state index is 9.36. The number of nitrogens with zero attached hydrogens (tertiary/aromatic N) is 3. The highest BCUT2D eigenvalue weighted by atomic mass is 16.3. The molecular weight excluding hydrogens is 244 g/mol. The molecule has 1 aliphatic rings. The van der Waals surface area contributed by atoms with E-state index in [2.05, 4.69) is 15.6 Å². The highest BCUT2D eigenvalue weighted by molar-refractivity contribution is 4.91. The summed E-state index contributed by atoms with van der Waals surface area (Å²) in [5.41, 5.74) is 0.893. The molecule has 6 heteroatoms. The van der Waals surface area contributed by atoms with Gasteiger partial charge in [-0.15, -0.1) is 5.10 Å². The molecule has 0 saturated heterocycles. The quantitative estimate of drug-likeness (QED) is 0.656. The standard InChI is InChI=1S/C13H24N4O2/c18-6-5-17-9-13(15-16-17)8-14-7-11-3-1-2-4-12(11)10-19/h9,11-12,14,18-19H,1-8,10H2. The Hall–Kier alpha value is -0.980. The molecule has 0 aliphatic heterocycles. The van der Waals surface area contributed by atoms with Crippen LogP contribution in [-0.2, 0) is 13.1 Å². The lowest BCUT2D eigenvalue weighted by atomic mass is 9.79. The highest BCUT2D eigenvalue weighted by Crippen LogP contribution is 2.29. The smallest absolute Gasteiger partial charge is 0.0964 e. The van der Waals surface area contributed by atoms with E-state index >= 15 is 0 Å². The number of nitrogens with one attached hydrogen (secondary N) is 1. The van der Waals surface area contributed by atoms with Crippen LogP contribution in [0.15, 0.2) is 6.20 Å². The van der Waals surface area contributed by atoms with Gasteiger partial charge in [0.25, 0.3) is 0 Å². The SMILES string of the molecule is OCCn1cc(CNCC2CCCCC2CO)nn1. The Kier molecular flexibility index (Phi) is 5.75. The molecule has 2 atom stereocenters. The van der Waals surface area contributed by atoms with E-state index < -0.39 is 0 Å². The average molecular weight is 268 g/mol. The molecule has 1 fully saturated rings. The minimum absolute atomic E-state index is 0.0798. The average Bonchev–Trinajstić information content (AvgIpc) is 2.87. The first-order valence-electron chi connectivity index (χ1n) is 7.15. The summed E-state index contributed by atoms with van der Waals surface area (Å²) in [6.07, 6.45) is 6.73. The van der Waals surface area contributed by atoms with Gasteiger partial charge in [0.05, 0.1) is 18.8 Å². The highest BCUT2D eigenvalue weighted by Gasteiger charge is 2.23. The van der Waals surface area contributed by atoms with Crippen LogP contribution in [0.1, 0.15) is 31.4 Å². The van der Waals surface area contributed by atoms with Crippen molar-refractivity contribution in [1.82, 2.24) is 20.3 Å². The lowest BCUT2D eigenvalue weighted by Gasteiger charge is -2.30. The third kappa shape index (κ3) is 4.26. The molecule has 0 radical (unpaired) electrons. The van der Waals surface area contributed by atoms with E-state index in [-0.39, 0.29) is 6.61 Å². The van der Waals surface area contributed by atoms with Crippen molar-refractivity contribution in [3.05, 3.63) is 11.9 Å². The van der Waals surface area contributed by atoms with E-state index in [1.807, 2.05) is 6.20 Å². The van der Waals surface area contributed by atoms with Gasteiger partial charge in [-0.2, -0.15) is 0 Å². The van der Waals surface area contributed by atoms with Crippen molar-refractivity contribution < 1.29 is 10.2 Å². The molecule has 1 aromatic heterocycles. The van der Waals surface area contributed by atoms with Gasteiger partial charge in [-0.3, -0.25) is 0 Å². The van der Waals surface area contributed by atoms with Crippen molar-refractivity contribution in [3.63, 3.8) is 0 Å². The predicted octanol–water partition coefficient (Wildman–Crippen LogP) is 0.159. The van der Waals surface area contributed by atoms with Crippen molar-refractivity contribution in [2.45, 2.75) is 38.8 Å². The van der Waals surface area contributed by atoms with Gasteiger partial charge in [0.1, 0.15) is 0 Å². The molecule has 3 N–H and O–H groups in total. The Bertz CT molecular complexity index is 369. The minimum Gasteiger partial charge on any atom is -0.396 e. The van der Waals surface area contributed by atoms with Crippen molar-refractivity contribution in [1.29, 1.82) is 0 Å². The van der Waals surface area contributed by atoms with Gasteiger partial charge < -0.3 is 15.5 Å². The van der Waals surface area contributed by atoms with E-state index in [1.54, 1.807) is 4.68 Å². The molecule has 108 valence electrons. The van der Waals surface area contributed by atoms with Crippen LogP contribution in [0, 0.1) is 11.8 Å². The van der Waals surface area contributed by atoms with Crippen molar-refractivity contribution in [2.75, 3.05) is 19.8 Å². The summed E-state index contributed by atoms with van der Waals surface area (Å²) in [7, 11) is 0. The van der Waals surface area contributed by atoms with E-state index in [1.165, 1.54) is 19.3 Å². The first-order valence-corrected chi connectivity index (χ1v) is 7.15. The molecule has 1 heterocycles. The Morgan fingerprint density at radius 1 is 1.26 bits per heavy atom. The third-order valence-corrected chi connectivity index (χ3v) is 3.93. The number of hydrogen-bond acceptors (Lipinski definition) is 5. The minimum atomic E-state index is 0.0798. The summed E-state index contributed by atoms with van der Waals surface area (Å²) in [6.45, 7) is 2.50. The molecular formula is C13H24N4O2. The molecule has 6 nitrogen and oxygen atoms in total. The summed E-state index contributed by atoms with van der Waals surface area (Å²) < 4.78 is 1.65. The van der Waals surface area contributed by atoms with Crippen LogP contribution in [-0.4, -0.2) is 45.0 Å². The molecule has 2 rings (SSSR count). The van der Waals surface area contributed by atoms with Crippen LogP contribution in [0.25, 0.3) is 0 Å². The Balaban J connectivity index is 1.72. The Morgan fingerprint density at radius 2 is 2.05 bits per heavy atom. The summed E-state index contributed by atoms with van der Waals surface area (Å²) in [4.78, 5) is 0. The first kappa shape index (κ1) is 14.4. The zero-order chi connectivity index (χ0) is 13.5. The van der Waals surface area contributed by atoms with E-state index in [4.69, 9.17) is 5.11 Å². The molecule has 0 spiro atoms. The third-order valence-electron chi connectivity index (χ3n) is 3.93. The van der Waals surface area contributed by atoms with Crippen LogP contribution >= 0.6 is 0 Å². The monoisotopic (exact) mass is 268 g/mol. The molecule has 0 bridgehead atoms. The lowest BCUT2D eigenvalue weighted by Crippen LogP contribution is -2.32. The molecule has 0 aromatic carbocycles. The summed E-state index contributed by atoms with van der Waals surface area (Å²) in [5, 5.41) is 29.5. The molecule has 2 unspecified atom stereocenters. The molecule has 19 heavy (non-hydrogen) atoms. The van der Waals surface area contributed by atoms with Gasteiger partial charge in [-0.25, -0.2) is 4.68 Å². The first-order chi connectivity index (χ1) is 9.33. The van der Waals surface area contributed by atoms with Crippen LogP contribution < -0.4 is 5.32 Å². The van der Waals surface area contributed by atoms with Crippen molar-refractivity contribution in [3.8, 4) is 0 Å². The summed E-state index contributed by atoms with van der Waals surface area (Å²) in [6, 6.07) is 0. The Labute approximate surface area is 113 Å². The second-order valence-electron chi connectivity index (χ2n) is 5.31. The largest absolute Gasteiger partial charge is 0.396 e. The number of aromatic nitrogens is 3. The van der Waals surface area contributed by atoms with Crippen LogP contribution in [0.2, 0.25) is 0 Å². The zero-order valence-electron chi connectivity index (χ0n) is 11.3. The van der Waals surface area contributed by atoms with Crippen LogP contribution in [0.3, 0.4) is 0 Å². The molecule has 1 saturated carbocycles. The number of rotatable bonds is 7. The van der Waals surface area contributed by atoms with Crippen LogP contribution in [0.5, 0.6) is 0 Å². The van der Waals surface area contributed by atoms with Gasteiger partial charge >= 0.3 is 0 Å². The van der Waals surface area contributed by atoms with Gasteiger partial charge in [0.2, 0.25) is 0 Å².